The van der Waals surface area contributed by atoms with Crippen molar-refractivity contribution in [3.05, 3.63) is 29.8 Å². The molecule has 0 saturated carbocycles. The molecule has 0 atom stereocenters. The van der Waals surface area contributed by atoms with Gasteiger partial charge in [0.1, 0.15) is 0 Å². The maximum Gasteiger partial charge on any atom is 0.317 e. The number of benzene rings is 1. The van der Waals surface area contributed by atoms with Crippen molar-refractivity contribution in [2.45, 2.75) is 24.2 Å². The van der Waals surface area contributed by atoms with Crippen molar-refractivity contribution < 1.29 is 18.0 Å². The number of carbonyl (C=O) groups is 2. The maximum absolute atomic E-state index is 12.6. The van der Waals surface area contributed by atoms with Crippen LogP contribution in [0.15, 0.2) is 29.2 Å². The minimum atomic E-state index is -3.74. The number of nitrogens with zero attached hydrogens (tertiary/aromatic N) is 2. The summed E-state index contributed by atoms with van der Waals surface area (Å²) in [5, 5.41) is 2.67. The van der Waals surface area contributed by atoms with Gasteiger partial charge in [0.05, 0.1) is 4.90 Å². The molecule has 0 aliphatic carbocycles. The first-order valence-electron chi connectivity index (χ1n) is 8.89. The van der Waals surface area contributed by atoms with Gasteiger partial charge in [-0.3, -0.25) is 4.79 Å². The van der Waals surface area contributed by atoms with E-state index in [-0.39, 0.29) is 23.4 Å². The monoisotopic (exact) mass is 380 g/mol. The van der Waals surface area contributed by atoms with Crippen LogP contribution < -0.4 is 10.0 Å². The van der Waals surface area contributed by atoms with Gasteiger partial charge in [-0.05, 0) is 37.5 Å². The summed E-state index contributed by atoms with van der Waals surface area (Å²) < 4.78 is 27.5. The predicted octanol–water partition coefficient (Wildman–Crippen LogP) is 0.616. The number of hydrogen-bond donors (Lipinski definition) is 2. The lowest BCUT2D eigenvalue weighted by molar-refractivity contribution is 0.0724. The zero-order chi connectivity index (χ0) is 18.6. The summed E-state index contributed by atoms with van der Waals surface area (Å²) in [7, 11) is -3.74. The van der Waals surface area contributed by atoms with E-state index in [1.165, 1.54) is 12.1 Å². The number of carbonyl (C=O) groups excluding carboxylic acids is 2. The highest BCUT2D eigenvalue weighted by Gasteiger charge is 2.22. The Morgan fingerprint density at radius 3 is 2.62 bits per heavy atom. The van der Waals surface area contributed by atoms with Crippen LogP contribution in [0.2, 0.25) is 0 Å². The van der Waals surface area contributed by atoms with Crippen LogP contribution in [0.5, 0.6) is 0 Å². The molecule has 142 valence electrons. The number of sulfonamides is 1. The third-order valence-corrected chi connectivity index (χ3v) is 6.11. The van der Waals surface area contributed by atoms with Gasteiger partial charge in [0, 0.05) is 44.8 Å². The summed E-state index contributed by atoms with van der Waals surface area (Å²) in [6, 6.07) is 5.93. The van der Waals surface area contributed by atoms with Crippen molar-refractivity contribution in [1.29, 1.82) is 0 Å². The molecular weight excluding hydrogens is 356 g/mol. The van der Waals surface area contributed by atoms with Crippen LogP contribution in [-0.4, -0.2) is 69.4 Å². The first-order chi connectivity index (χ1) is 12.5. The lowest BCUT2D eigenvalue weighted by Gasteiger charge is -2.26. The molecule has 2 N–H and O–H groups in total. The van der Waals surface area contributed by atoms with E-state index in [4.69, 9.17) is 0 Å². The summed E-state index contributed by atoms with van der Waals surface area (Å²) in [6.45, 7) is 3.00. The van der Waals surface area contributed by atoms with Gasteiger partial charge in [0.25, 0.3) is 5.91 Å². The molecule has 2 saturated heterocycles. The van der Waals surface area contributed by atoms with E-state index in [2.05, 4.69) is 10.0 Å². The maximum atomic E-state index is 12.6. The van der Waals surface area contributed by atoms with Crippen LogP contribution in [-0.2, 0) is 10.0 Å². The molecule has 3 rings (SSSR count). The predicted molar refractivity (Wildman–Crippen MR) is 96.4 cm³/mol. The summed E-state index contributed by atoms with van der Waals surface area (Å²) in [4.78, 5) is 27.4. The van der Waals surface area contributed by atoms with Gasteiger partial charge in [-0.15, -0.1) is 0 Å². The second kappa shape index (κ2) is 8.05. The highest BCUT2D eigenvalue weighted by atomic mass is 32.2. The molecule has 2 aliphatic heterocycles. The molecule has 3 amide bonds. The van der Waals surface area contributed by atoms with Crippen molar-refractivity contribution >= 4 is 22.0 Å². The average Bonchev–Trinajstić information content (AvgIpc) is 3.07. The van der Waals surface area contributed by atoms with Crippen molar-refractivity contribution in [3.8, 4) is 0 Å². The van der Waals surface area contributed by atoms with E-state index in [9.17, 15) is 18.0 Å². The van der Waals surface area contributed by atoms with E-state index in [1.54, 1.807) is 21.9 Å². The molecule has 1 aromatic rings. The highest BCUT2D eigenvalue weighted by Crippen LogP contribution is 2.16. The van der Waals surface area contributed by atoms with Crippen LogP contribution in [0.1, 0.15) is 29.6 Å². The Hall–Kier alpha value is -2.13. The van der Waals surface area contributed by atoms with Gasteiger partial charge < -0.3 is 15.1 Å². The molecule has 0 radical (unpaired) electrons. The van der Waals surface area contributed by atoms with Crippen LogP contribution >= 0.6 is 0 Å². The van der Waals surface area contributed by atoms with Gasteiger partial charge in [-0.2, -0.15) is 0 Å². The topological polar surface area (TPSA) is 98.8 Å². The molecule has 0 unspecified atom stereocenters. The summed E-state index contributed by atoms with van der Waals surface area (Å²) in [5.41, 5.74) is 0.383. The van der Waals surface area contributed by atoms with Crippen LogP contribution in [0.4, 0.5) is 4.79 Å². The van der Waals surface area contributed by atoms with Gasteiger partial charge in [0.15, 0.2) is 0 Å². The molecule has 2 fully saturated rings. The lowest BCUT2D eigenvalue weighted by atomic mass is 10.1. The Balaban J connectivity index is 1.63. The van der Waals surface area contributed by atoms with Crippen LogP contribution in [0, 0.1) is 0 Å². The largest absolute Gasteiger partial charge is 0.339 e. The third kappa shape index (κ3) is 4.34. The first kappa shape index (κ1) is 18.7. The fourth-order valence-corrected chi connectivity index (χ4v) is 4.27. The minimum absolute atomic E-state index is 0.0613. The van der Waals surface area contributed by atoms with Crippen LogP contribution in [0.3, 0.4) is 0 Å². The Labute approximate surface area is 153 Å². The molecule has 9 heteroatoms. The van der Waals surface area contributed by atoms with Gasteiger partial charge in [0.2, 0.25) is 10.0 Å². The fourth-order valence-electron chi connectivity index (χ4n) is 3.20. The highest BCUT2D eigenvalue weighted by molar-refractivity contribution is 7.89. The number of piperidine rings is 1. The summed E-state index contributed by atoms with van der Waals surface area (Å²) >= 11 is 0. The average molecular weight is 380 g/mol. The molecule has 1 aromatic carbocycles. The number of nitrogens with one attached hydrogen (secondary N) is 2. The molecular formula is C17H24N4O4S. The van der Waals surface area contributed by atoms with Gasteiger partial charge in [-0.1, -0.05) is 6.07 Å². The normalized spacial score (nSPS) is 18.1. The Morgan fingerprint density at radius 2 is 1.92 bits per heavy atom. The molecule has 2 heterocycles. The standard InChI is InChI=1S/C17H24N4O4S/c22-16(20-9-2-1-3-10-20)14-5-4-6-15(13-14)26(24,25)19-8-12-21-11-7-18-17(21)23/h4-6,13,19H,1-3,7-12H2,(H,18,23). The van der Waals surface area contributed by atoms with E-state index in [1.807, 2.05) is 0 Å². The Kier molecular flexibility index (Phi) is 5.77. The smallest absolute Gasteiger partial charge is 0.317 e. The number of amides is 3. The van der Waals surface area contributed by atoms with E-state index >= 15 is 0 Å². The fraction of sp³-hybridized carbons (Fsp3) is 0.529. The van der Waals surface area contributed by atoms with Crippen LogP contribution in [0.25, 0.3) is 0 Å². The molecule has 2 aliphatic rings. The second-order valence-corrected chi connectivity index (χ2v) is 8.26. The molecule has 0 aromatic heterocycles. The lowest BCUT2D eigenvalue weighted by Crippen LogP contribution is -2.37. The SMILES string of the molecule is O=C1NCCN1CCNS(=O)(=O)c1cccc(C(=O)N2CCCCC2)c1. The number of rotatable bonds is 6. The van der Waals surface area contributed by atoms with Crippen molar-refractivity contribution in [2.24, 2.45) is 0 Å². The van der Waals surface area contributed by atoms with Crippen molar-refractivity contribution in [1.82, 2.24) is 19.8 Å². The molecule has 0 spiro atoms. The minimum Gasteiger partial charge on any atom is -0.339 e. The van der Waals surface area contributed by atoms with Gasteiger partial charge in [-0.25, -0.2) is 17.9 Å². The zero-order valence-electron chi connectivity index (χ0n) is 14.6. The Bertz CT molecular complexity index is 775. The molecule has 26 heavy (non-hydrogen) atoms. The van der Waals surface area contributed by atoms with E-state index in [0.717, 1.165) is 19.3 Å². The Morgan fingerprint density at radius 1 is 1.15 bits per heavy atom. The van der Waals surface area contributed by atoms with Crippen molar-refractivity contribution in [3.63, 3.8) is 0 Å². The third-order valence-electron chi connectivity index (χ3n) is 4.65. The number of likely N-dealkylation sites (tertiary alicyclic amines) is 1. The molecule has 8 nitrogen and oxygen atoms in total. The number of urea groups is 1. The quantitative estimate of drug-likeness (QED) is 0.756. The van der Waals surface area contributed by atoms with Gasteiger partial charge >= 0.3 is 6.03 Å². The zero-order valence-corrected chi connectivity index (χ0v) is 15.4. The summed E-state index contributed by atoms with van der Waals surface area (Å²) in [5.74, 6) is -0.129. The summed E-state index contributed by atoms with van der Waals surface area (Å²) in [6.07, 6.45) is 3.09. The van der Waals surface area contributed by atoms with Crippen molar-refractivity contribution in [2.75, 3.05) is 39.3 Å². The first-order valence-corrected chi connectivity index (χ1v) is 10.4. The second-order valence-electron chi connectivity index (χ2n) is 6.50. The van der Waals surface area contributed by atoms with E-state index < -0.39 is 10.0 Å². The number of hydrogen-bond acceptors (Lipinski definition) is 4. The molecule has 0 bridgehead atoms. The van der Waals surface area contributed by atoms with E-state index in [0.29, 0.717) is 38.3 Å².